The van der Waals surface area contributed by atoms with Crippen LogP contribution in [0.15, 0.2) is 72.8 Å². The molecule has 0 fully saturated rings. The normalized spacial score (nSPS) is 12.0. The number of nitrogens with zero attached hydrogens (tertiary/aromatic N) is 1. The van der Waals surface area contributed by atoms with Crippen molar-refractivity contribution < 1.29 is 23.5 Å². The Kier molecular flexibility index (Phi) is 13.0. The second kappa shape index (κ2) is 16.4. The number of likely N-dealkylation sites (N-methyl/N-ethyl adjacent to an activating group) is 1. The van der Waals surface area contributed by atoms with E-state index < -0.39 is 5.97 Å². The quantitative estimate of drug-likeness (QED) is 0.0808. The van der Waals surface area contributed by atoms with Crippen molar-refractivity contribution in [3.8, 4) is 11.5 Å². The van der Waals surface area contributed by atoms with Gasteiger partial charge in [-0.25, -0.2) is 4.79 Å². The minimum absolute atomic E-state index is 0.114. The summed E-state index contributed by atoms with van der Waals surface area (Å²) in [5.41, 5.74) is 1.40. The van der Waals surface area contributed by atoms with Crippen molar-refractivity contribution >= 4 is 35.1 Å². The molecule has 0 heterocycles. The van der Waals surface area contributed by atoms with Crippen molar-refractivity contribution in [2.24, 2.45) is 0 Å². The highest BCUT2D eigenvalue weighted by Gasteiger charge is 2.31. The maximum atomic E-state index is 12.9. The first-order valence-electron chi connectivity index (χ1n) is 14.2. The van der Waals surface area contributed by atoms with E-state index in [0.717, 1.165) is 50.7 Å². The Morgan fingerprint density at radius 1 is 0.805 bits per heavy atom. The predicted molar refractivity (Wildman–Crippen MR) is 166 cm³/mol. The van der Waals surface area contributed by atoms with Gasteiger partial charge < -0.3 is 19.3 Å². The molecule has 0 bridgehead atoms. The van der Waals surface area contributed by atoms with Gasteiger partial charge in [0.1, 0.15) is 11.5 Å². The molecular formula is C33H41Cl2N2O4+. The molecule has 0 spiro atoms. The summed E-state index contributed by atoms with van der Waals surface area (Å²) in [6.45, 7) is 1.34. The molecule has 1 amide bonds. The van der Waals surface area contributed by atoms with Crippen LogP contribution in [0.25, 0.3) is 0 Å². The number of carbonyl (C=O) groups excluding carboxylic acids is 2. The van der Waals surface area contributed by atoms with Gasteiger partial charge in [0.15, 0.2) is 6.04 Å². The van der Waals surface area contributed by atoms with Gasteiger partial charge in [-0.15, -0.1) is 0 Å². The van der Waals surface area contributed by atoms with Gasteiger partial charge in [0.25, 0.3) is 5.91 Å². The molecule has 0 saturated carbocycles. The van der Waals surface area contributed by atoms with Crippen LogP contribution in [0.1, 0.15) is 54.4 Å². The number of benzene rings is 3. The van der Waals surface area contributed by atoms with E-state index in [1.807, 2.05) is 18.2 Å². The summed E-state index contributed by atoms with van der Waals surface area (Å²) >= 11 is 12.0. The van der Waals surface area contributed by atoms with Crippen LogP contribution in [0, 0.1) is 0 Å². The molecule has 0 saturated heterocycles. The SMILES string of the molecule is C[N+](C)(C)C(Cc1ccccc1)C(=O)NCCCCCCCCOc1ccc(OC(=O)c2cc(Cl)ccc2Cl)cc1. The summed E-state index contributed by atoms with van der Waals surface area (Å²) in [6.07, 6.45) is 7.13. The standard InChI is InChI=1S/C33H40Cl2N2O4/c1-37(2,3)31(23-25-13-9-8-10-14-25)32(38)36-21-11-6-4-5-7-12-22-40-27-16-18-28(19-17-27)41-33(39)29-24-26(34)15-20-30(29)35/h8-10,13-20,24,31H,4-7,11-12,21-23H2,1-3H3/p+1. The molecule has 0 aromatic heterocycles. The summed E-state index contributed by atoms with van der Waals surface area (Å²) in [7, 11) is 6.22. The van der Waals surface area contributed by atoms with E-state index in [2.05, 4.69) is 38.6 Å². The Hall–Kier alpha value is -3.06. The van der Waals surface area contributed by atoms with E-state index in [-0.39, 0.29) is 22.5 Å². The molecule has 1 N–H and O–H groups in total. The lowest BCUT2D eigenvalue weighted by Gasteiger charge is -2.33. The maximum Gasteiger partial charge on any atom is 0.345 e. The van der Waals surface area contributed by atoms with Gasteiger partial charge in [-0.1, -0.05) is 79.2 Å². The van der Waals surface area contributed by atoms with Crippen molar-refractivity contribution in [1.82, 2.24) is 5.32 Å². The van der Waals surface area contributed by atoms with E-state index in [9.17, 15) is 9.59 Å². The molecule has 3 aromatic carbocycles. The summed E-state index contributed by atoms with van der Waals surface area (Å²) in [5, 5.41) is 3.85. The molecule has 1 unspecified atom stereocenters. The Morgan fingerprint density at radius 3 is 2.12 bits per heavy atom. The minimum atomic E-state index is -0.565. The number of ether oxygens (including phenoxy) is 2. The first-order valence-corrected chi connectivity index (χ1v) is 14.9. The average Bonchev–Trinajstić information content (AvgIpc) is 2.94. The number of carbonyl (C=O) groups is 2. The van der Waals surface area contributed by atoms with Crippen LogP contribution in [0.2, 0.25) is 10.0 Å². The van der Waals surface area contributed by atoms with Gasteiger partial charge in [-0.3, -0.25) is 4.79 Å². The minimum Gasteiger partial charge on any atom is -0.494 e. The third-order valence-corrected chi connectivity index (χ3v) is 7.40. The molecule has 3 rings (SSSR count). The molecule has 0 aliphatic rings. The van der Waals surface area contributed by atoms with Gasteiger partial charge in [-0.2, -0.15) is 0 Å². The number of esters is 1. The van der Waals surface area contributed by atoms with Crippen LogP contribution in [0.3, 0.4) is 0 Å². The number of quaternary nitrogens is 1. The summed E-state index contributed by atoms with van der Waals surface area (Å²) in [4.78, 5) is 25.3. The molecular weight excluding hydrogens is 559 g/mol. The molecule has 8 heteroatoms. The van der Waals surface area contributed by atoms with Crippen molar-refractivity contribution in [1.29, 1.82) is 0 Å². The first-order chi connectivity index (χ1) is 19.6. The van der Waals surface area contributed by atoms with E-state index in [1.54, 1.807) is 36.4 Å². The number of amides is 1. The number of hydrogen-bond donors (Lipinski definition) is 1. The van der Waals surface area contributed by atoms with E-state index in [1.165, 1.54) is 11.6 Å². The fourth-order valence-corrected chi connectivity index (χ4v) is 4.80. The number of rotatable bonds is 16. The third-order valence-electron chi connectivity index (χ3n) is 6.83. The molecule has 3 aromatic rings. The summed E-state index contributed by atoms with van der Waals surface area (Å²) in [5.74, 6) is 0.680. The number of hydrogen-bond acceptors (Lipinski definition) is 4. The average molecular weight is 601 g/mol. The lowest BCUT2D eigenvalue weighted by Crippen LogP contribution is -2.55. The Morgan fingerprint density at radius 2 is 1.44 bits per heavy atom. The Balaban J connectivity index is 1.25. The monoisotopic (exact) mass is 599 g/mol. The molecule has 0 radical (unpaired) electrons. The van der Waals surface area contributed by atoms with Gasteiger partial charge in [0.05, 0.1) is 38.3 Å². The molecule has 41 heavy (non-hydrogen) atoms. The zero-order chi connectivity index (χ0) is 29.7. The zero-order valence-electron chi connectivity index (χ0n) is 24.2. The van der Waals surface area contributed by atoms with Crippen molar-refractivity contribution in [2.45, 2.75) is 51.0 Å². The highest BCUT2D eigenvalue weighted by molar-refractivity contribution is 6.35. The van der Waals surface area contributed by atoms with Gasteiger partial charge >= 0.3 is 5.97 Å². The molecule has 0 aliphatic heterocycles. The Bertz CT molecular complexity index is 1240. The van der Waals surface area contributed by atoms with Crippen LogP contribution in [-0.4, -0.2) is 56.7 Å². The lowest BCUT2D eigenvalue weighted by molar-refractivity contribution is -0.886. The van der Waals surface area contributed by atoms with Crippen molar-refractivity contribution in [2.75, 3.05) is 34.3 Å². The highest BCUT2D eigenvalue weighted by atomic mass is 35.5. The smallest absolute Gasteiger partial charge is 0.345 e. The van der Waals surface area contributed by atoms with Gasteiger partial charge in [0, 0.05) is 18.0 Å². The van der Waals surface area contributed by atoms with E-state index in [4.69, 9.17) is 32.7 Å². The third kappa shape index (κ3) is 11.4. The zero-order valence-corrected chi connectivity index (χ0v) is 25.7. The summed E-state index contributed by atoms with van der Waals surface area (Å²) < 4.78 is 11.8. The lowest BCUT2D eigenvalue weighted by atomic mass is 10.0. The molecule has 6 nitrogen and oxygen atoms in total. The van der Waals surface area contributed by atoms with Crippen LogP contribution in [0.5, 0.6) is 11.5 Å². The second-order valence-corrected chi connectivity index (χ2v) is 11.9. The van der Waals surface area contributed by atoms with Crippen molar-refractivity contribution in [3.63, 3.8) is 0 Å². The second-order valence-electron chi connectivity index (χ2n) is 11.1. The van der Waals surface area contributed by atoms with E-state index >= 15 is 0 Å². The topological polar surface area (TPSA) is 64.6 Å². The number of halogens is 2. The van der Waals surface area contributed by atoms with Crippen LogP contribution in [-0.2, 0) is 11.2 Å². The first kappa shape index (κ1) is 32.5. The number of unbranched alkanes of at least 4 members (excludes halogenated alkanes) is 5. The molecule has 220 valence electrons. The van der Waals surface area contributed by atoms with Crippen LogP contribution in [0.4, 0.5) is 0 Å². The highest BCUT2D eigenvalue weighted by Crippen LogP contribution is 2.24. The summed E-state index contributed by atoms with van der Waals surface area (Å²) in [6, 6.07) is 21.7. The largest absolute Gasteiger partial charge is 0.494 e. The van der Waals surface area contributed by atoms with Crippen molar-refractivity contribution in [3.05, 3.63) is 94.0 Å². The van der Waals surface area contributed by atoms with Gasteiger partial charge in [-0.05, 0) is 60.9 Å². The number of nitrogens with one attached hydrogen (secondary N) is 1. The fraction of sp³-hybridized carbons (Fsp3) is 0.394. The van der Waals surface area contributed by atoms with E-state index in [0.29, 0.717) is 28.4 Å². The molecule has 0 aliphatic carbocycles. The van der Waals surface area contributed by atoms with Crippen LogP contribution >= 0.6 is 23.2 Å². The molecule has 1 atom stereocenters. The van der Waals surface area contributed by atoms with Crippen LogP contribution < -0.4 is 14.8 Å². The fourth-order valence-electron chi connectivity index (χ4n) is 4.43. The maximum absolute atomic E-state index is 12.9. The van der Waals surface area contributed by atoms with Gasteiger partial charge in [0.2, 0.25) is 0 Å². The predicted octanol–water partition coefficient (Wildman–Crippen LogP) is 7.37. The Labute approximate surface area is 254 Å².